The number of carbonyl (C=O) groups is 2. The minimum atomic E-state index is -0.399. The van der Waals surface area contributed by atoms with E-state index in [1.807, 2.05) is 31.2 Å². The summed E-state index contributed by atoms with van der Waals surface area (Å²) in [6.45, 7) is 2.03. The predicted molar refractivity (Wildman–Crippen MR) is 94.4 cm³/mol. The SMILES string of the molecule is Cc1ccc(CSCC(=O)NNC(=O)c2cccc(Cl)c2)cc1. The Kier molecular flexibility index (Phi) is 6.50. The summed E-state index contributed by atoms with van der Waals surface area (Å²) in [4.78, 5) is 23.6. The number of carbonyl (C=O) groups excluding carboxylic acids is 2. The van der Waals surface area contributed by atoms with Gasteiger partial charge in [0.25, 0.3) is 5.91 Å². The zero-order chi connectivity index (χ0) is 16.7. The van der Waals surface area contributed by atoms with Crippen LogP contribution in [0.4, 0.5) is 0 Å². The number of rotatable bonds is 5. The lowest BCUT2D eigenvalue weighted by Crippen LogP contribution is -2.42. The average molecular weight is 349 g/mol. The van der Waals surface area contributed by atoms with Gasteiger partial charge in [-0.1, -0.05) is 47.5 Å². The highest BCUT2D eigenvalue weighted by Crippen LogP contribution is 2.12. The van der Waals surface area contributed by atoms with Gasteiger partial charge in [0.15, 0.2) is 0 Å². The van der Waals surface area contributed by atoms with E-state index in [1.165, 1.54) is 23.4 Å². The van der Waals surface area contributed by atoms with E-state index in [2.05, 4.69) is 10.9 Å². The smallest absolute Gasteiger partial charge is 0.269 e. The minimum Gasteiger partial charge on any atom is -0.272 e. The Morgan fingerprint density at radius 3 is 2.52 bits per heavy atom. The summed E-state index contributed by atoms with van der Waals surface area (Å²) in [5.74, 6) is 0.362. The average Bonchev–Trinajstić information content (AvgIpc) is 2.54. The quantitative estimate of drug-likeness (QED) is 0.815. The molecule has 2 N–H and O–H groups in total. The second-order valence-electron chi connectivity index (χ2n) is 4.99. The van der Waals surface area contributed by atoms with E-state index in [-0.39, 0.29) is 11.7 Å². The first-order chi connectivity index (χ1) is 11.0. The first kappa shape index (κ1) is 17.4. The van der Waals surface area contributed by atoms with Gasteiger partial charge >= 0.3 is 0 Å². The van der Waals surface area contributed by atoms with E-state index in [0.717, 1.165) is 11.3 Å². The monoisotopic (exact) mass is 348 g/mol. The zero-order valence-corrected chi connectivity index (χ0v) is 14.2. The van der Waals surface area contributed by atoms with Crippen molar-refractivity contribution in [2.75, 3.05) is 5.75 Å². The van der Waals surface area contributed by atoms with E-state index >= 15 is 0 Å². The molecular weight excluding hydrogens is 332 g/mol. The van der Waals surface area contributed by atoms with Crippen LogP contribution in [0.3, 0.4) is 0 Å². The summed E-state index contributed by atoms with van der Waals surface area (Å²) in [5, 5.41) is 0.470. The molecule has 120 valence electrons. The van der Waals surface area contributed by atoms with Crippen LogP contribution in [0.2, 0.25) is 5.02 Å². The highest BCUT2D eigenvalue weighted by molar-refractivity contribution is 7.99. The predicted octanol–water partition coefficient (Wildman–Crippen LogP) is 3.34. The molecule has 0 unspecified atom stereocenters. The normalized spacial score (nSPS) is 10.2. The molecule has 0 aliphatic heterocycles. The molecule has 0 aliphatic carbocycles. The van der Waals surface area contributed by atoms with Gasteiger partial charge in [-0.05, 0) is 30.7 Å². The third-order valence-corrected chi connectivity index (χ3v) is 4.26. The molecule has 0 heterocycles. The van der Waals surface area contributed by atoms with E-state index in [9.17, 15) is 9.59 Å². The van der Waals surface area contributed by atoms with Crippen molar-refractivity contribution in [2.24, 2.45) is 0 Å². The highest BCUT2D eigenvalue weighted by atomic mass is 35.5. The summed E-state index contributed by atoms with van der Waals surface area (Å²) in [6, 6.07) is 14.7. The first-order valence-electron chi connectivity index (χ1n) is 7.02. The summed E-state index contributed by atoms with van der Waals surface area (Å²) in [6.07, 6.45) is 0. The van der Waals surface area contributed by atoms with Crippen LogP contribution in [0.1, 0.15) is 21.5 Å². The minimum absolute atomic E-state index is 0.252. The molecule has 0 atom stereocenters. The zero-order valence-electron chi connectivity index (χ0n) is 12.6. The van der Waals surface area contributed by atoms with E-state index < -0.39 is 5.91 Å². The summed E-state index contributed by atoms with van der Waals surface area (Å²) < 4.78 is 0. The van der Waals surface area contributed by atoms with Crippen LogP contribution in [0.15, 0.2) is 48.5 Å². The highest BCUT2D eigenvalue weighted by Gasteiger charge is 2.07. The van der Waals surface area contributed by atoms with Gasteiger partial charge in [0, 0.05) is 16.3 Å². The molecule has 23 heavy (non-hydrogen) atoms. The third kappa shape index (κ3) is 5.96. The van der Waals surface area contributed by atoms with Gasteiger partial charge in [0.05, 0.1) is 5.75 Å². The van der Waals surface area contributed by atoms with Gasteiger partial charge in [0.1, 0.15) is 0 Å². The van der Waals surface area contributed by atoms with E-state index in [1.54, 1.807) is 18.2 Å². The maximum absolute atomic E-state index is 11.8. The maximum atomic E-state index is 11.8. The van der Waals surface area contributed by atoms with Crippen LogP contribution in [0.25, 0.3) is 0 Å². The van der Waals surface area contributed by atoms with Crippen LogP contribution < -0.4 is 10.9 Å². The number of benzene rings is 2. The fraction of sp³-hybridized carbons (Fsp3) is 0.176. The van der Waals surface area contributed by atoms with E-state index in [0.29, 0.717) is 10.6 Å². The Morgan fingerprint density at radius 1 is 1.09 bits per heavy atom. The molecule has 0 radical (unpaired) electrons. The number of amides is 2. The number of thioether (sulfide) groups is 1. The topological polar surface area (TPSA) is 58.2 Å². The van der Waals surface area contributed by atoms with Crippen molar-refractivity contribution >= 4 is 35.2 Å². The van der Waals surface area contributed by atoms with Crippen LogP contribution in [0.5, 0.6) is 0 Å². The molecule has 0 bridgehead atoms. The summed E-state index contributed by atoms with van der Waals surface area (Å²) in [7, 11) is 0. The van der Waals surface area contributed by atoms with Crippen molar-refractivity contribution in [1.82, 2.24) is 10.9 Å². The van der Waals surface area contributed by atoms with Gasteiger partial charge in [-0.25, -0.2) is 0 Å². The molecule has 0 spiro atoms. The number of halogens is 1. The summed E-state index contributed by atoms with van der Waals surface area (Å²) >= 11 is 7.30. The van der Waals surface area contributed by atoms with Crippen LogP contribution in [-0.4, -0.2) is 17.6 Å². The van der Waals surface area contributed by atoms with Crippen LogP contribution in [0, 0.1) is 6.92 Å². The summed E-state index contributed by atoms with van der Waals surface area (Å²) in [5.41, 5.74) is 7.53. The number of hydrazine groups is 1. The number of hydrogen-bond acceptors (Lipinski definition) is 3. The number of nitrogens with one attached hydrogen (secondary N) is 2. The lowest BCUT2D eigenvalue weighted by molar-refractivity contribution is -0.119. The molecule has 0 fully saturated rings. The largest absolute Gasteiger partial charge is 0.272 e. The third-order valence-electron chi connectivity index (χ3n) is 3.02. The molecule has 0 saturated carbocycles. The Balaban J connectivity index is 1.70. The molecule has 0 aromatic heterocycles. The molecule has 0 saturated heterocycles. The van der Waals surface area contributed by atoms with Crippen molar-refractivity contribution in [3.05, 3.63) is 70.2 Å². The van der Waals surface area contributed by atoms with E-state index in [4.69, 9.17) is 11.6 Å². The van der Waals surface area contributed by atoms with Gasteiger partial charge in [0.2, 0.25) is 5.91 Å². The Bertz CT molecular complexity index is 689. The molecule has 4 nitrogen and oxygen atoms in total. The second-order valence-corrected chi connectivity index (χ2v) is 6.41. The molecule has 2 aromatic carbocycles. The Morgan fingerprint density at radius 2 is 1.83 bits per heavy atom. The molecule has 2 aromatic rings. The van der Waals surface area contributed by atoms with Gasteiger partial charge in [-0.15, -0.1) is 11.8 Å². The van der Waals surface area contributed by atoms with Gasteiger partial charge in [-0.2, -0.15) is 0 Å². The molecular formula is C17H17ClN2O2S. The molecule has 6 heteroatoms. The lowest BCUT2D eigenvalue weighted by atomic mass is 10.2. The standard InChI is InChI=1S/C17H17ClN2O2S/c1-12-5-7-13(8-6-12)10-23-11-16(21)19-20-17(22)14-3-2-4-15(18)9-14/h2-9H,10-11H2,1H3,(H,19,21)(H,20,22). The Labute approximate surface area is 144 Å². The fourth-order valence-electron chi connectivity index (χ4n) is 1.81. The molecule has 2 amide bonds. The second kappa shape index (κ2) is 8.60. The first-order valence-corrected chi connectivity index (χ1v) is 8.56. The van der Waals surface area contributed by atoms with Crippen molar-refractivity contribution in [3.63, 3.8) is 0 Å². The number of aryl methyl sites for hydroxylation is 1. The van der Waals surface area contributed by atoms with Crippen molar-refractivity contribution in [2.45, 2.75) is 12.7 Å². The fourth-order valence-corrected chi connectivity index (χ4v) is 2.79. The van der Waals surface area contributed by atoms with Crippen LogP contribution in [-0.2, 0) is 10.5 Å². The van der Waals surface area contributed by atoms with Crippen molar-refractivity contribution in [3.8, 4) is 0 Å². The van der Waals surface area contributed by atoms with Crippen molar-refractivity contribution in [1.29, 1.82) is 0 Å². The molecule has 2 rings (SSSR count). The van der Waals surface area contributed by atoms with Crippen LogP contribution >= 0.6 is 23.4 Å². The number of hydrogen-bond donors (Lipinski definition) is 2. The lowest BCUT2D eigenvalue weighted by Gasteiger charge is -2.07. The maximum Gasteiger partial charge on any atom is 0.269 e. The van der Waals surface area contributed by atoms with Gasteiger partial charge in [-0.3, -0.25) is 20.4 Å². The molecule has 0 aliphatic rings. The van der Waals surface area contributed by atoms with Gasteiger partial charge < -0.3 is 0 Å². The Hall–Kier alpha value is -1.98. The van der Waals surface area contributed by atoms with Crippen molar-refractivity contribution < 1.29 is 9.59 Å².